The first-order valence-corrected chi connectivity index (χ1v) is 8.54. The van der Waals surface area contributed by atoms with Crippen LogP contribution in [0.15, 0.2) is 36.4 Å². The molecule has 0 aliphatic carbocycles. The number of hydrogen-bond donors (Lipinski definition) is 1. The number of para-hydroxylation sites is 1. The highest BCUT2D eigenvalue weighted by molar-refractivity contribution is 5.78. The van der Waals surface area contributed by atoms with E-state index in [9.17, 15) is 0 Å². The third kappa shape index (κ3) is 3.20. The summed E-state index contributed by atoms with van der Waals surface area (Å²) >= 11 is 0. The van der Waals surface area contributed by atoms with Crippen molar-refractivity contribution in [3.63, 3.8) is 0 Å². The lowest BCUT2D eigenvalue weighted by molar-refractivity contribution is 0.132. The Hall–Kier alpha value is -2.89. The molecule has 5 heteroatoms. The minimum Gasteiger partial charge on any atom is -0.475 e. The van der Waals surface area contributed by atoms with Gasteiger partial charge in [0.1, 0.15) is 6.10 Å². The molecule has 2 saturated heterocycles. The van der Waals surface area contributed by atoms with Gasteiger partial charge >= 0.3 is 0 Å². The van der Waals surface area contributed by atoms with Gasteiger partial charge in [-0.25, -0.2) is 14.7 Å². The molecule has 2 aromatic rings. The molecule has 2 bridgehead atoms. The molecule has 0 spiro atoms. The van der Waals surface area contributed by atoms with E-state index in [-0.39, 0.29) is 6.10 Å². The number of ether oxygens (including phenoxy) is 1. The van der Waals surface area contributed by atoms with Crippen LogP contribution in [-0.4, -0.2) is 23.2 Å². The molecule has 1 N–H and O–H groups in total. The van der Waals surface area contributed by atoms with Crippen LogP contribution in [0.3, 0.4) is 0 Å². The fourth-order valence-electron chi connectivity index (χ4n) is 3.81. The smallest absolute Gasteiger partial charge is 0.203 e. The zero-order valence-electron chi connectivity index (χ0n) is 13.8. The van der Waals surface area contributed by atoms with E-state index in [0.29, 0.717) is 35.0 Å². The first kappa shape index (κ1) is 15.6. The van der Waals surface area contributed by atoms with Crippen LogP contribution in [0.5, 0.6) is 5.88 Å². The topological polar surface area (TPSA) is 42.9 Å². The highest BCUT2D eigenvalue weighted by Crippen LogP contribution is 2.34. The Kier molecular flexibility index (Phi) is 4.09. The summed E-state index contributed by atoms with van der Waals surface area (Å²) in [6.45, 7) is 14.7. The number of nitrogens with zero attached hydrogens (tertiary/aromatic N) is 3. The van der Waals surface area contributed by atoms with Crippen LogP contribution in [0.2, 0.25) is 0 Å². The van der Waals surface area contributed by atoms with Gasteiger partial charge in [0.15, 0.2) is 11.4 Å². The van der Waals surface area contributed by atoms with Crippen LogP contribution in [-0.2, 0) is 0 Å². The number of piperidine rings is 1. The van der Waals surface area contributed by atoms with Crippen LogP contribution in [0.1, 0.15) is 25.7 Å². The van der Waals surface area contributed by atoms with Crippen molar-refractivity contribution >= 4 is 11.4 Å². The number of pyridine rings is 1. The SMILES string of the molecule is [C-]#[N+]c1cc(OC2C[C@H]3CC[C@@H](C2)N3)nc(-c2ccccc2[N+]#[C-])c1. The minimum absolute atomic E-state index is 0.135. The summed E-state index contributed by atoms with van der Waals surface area (Å²) < 4.78 is 6.14. The highest BCUT2D eigenvalue weighted by Gasteiger charge is 2.34. The molecule has 4 rings (SSSR count). The lowest BCUT2D eigenvalue weighted by Gasteiger charge is -2.29. The predicted octanol–water partition coefficient (Wildman–Crippen LogP) is 4.51. The molecule has 0 radical (unpaired) electrons. The lowest BCUT2D eigenvalue weighted by Crippen LogP contribution is -2.42. The van der Waals surface area contributed by atoms with E-state index < -0.39 is 0 Å². The molecule has 2 aliphatic rings. The minimum atomic E-state index is 0.135. The van der Waals surface area contributed by atoms with Crippen LogP contribution >= 0.6 is 0 Å². The molecule has 3 atom stereocenters. The maximum Gasteiger partial charge on any atom is 0.203 e. The Morgan fingerprint density at radius 1 is 1.04 bits per heavy atom. The van der Waals surface area contributed by atoms with Gasteiger partial charge in [-0.05, 0) is 31.7 Å². The van der Waals surface area contributed by atoms with E-state index >= 15 is 0 Å². The summed E-state index contributed by atoms with van der Waals surface area (Å²) in [5.74, 6) is 0.481. The molecule has 2 fully saturated rings. The summed E-state index contributed by atoms with van der Waals surface area (Å²) in [5.41, 5.74) is 2.37. The predicted molar refractivity (Wildman–Crippen MR) is 95.8 cm³/mol. The summed E-state index contributed by atoms with van der Waals surface area (Å²) in [5, 5.41) is 3.60. The van der Waals surface area contributed by atoms with Gasteiger partial charge in [-0.3, -0.25) is 0 Å². The maximum absolute atomic E-state index is 7.36. The number of aromatic nitrogens is 1. The van der Waals surface area contributed by atoms with Gasteiger partial charge in [-0.1, -0.05) is 24.3 Å². The van der Waals surface area contributed by atoms with Gasteiger partial charge in [0.05, 0.1) is 18.8 Å². The van der Waals surface area contributed by atoms with E-state index in [4.69, 9.17) is 17.9 Å². The van der Waals surface area contributed by atoms with Crippen molar-refractivity contribution in [2.75, 3.05) is 0 Å². The van der Waals surface area contributed by atoms with Crippen LogP contribution in [0.4, 0.5) is 11.4 Å². The van der Waals surface area contributed by atoms with E-state index in [1.165, 1.54) is 12.8 Å². The normalized spacial score (nSPS) is 24.3. The Bertz CT molecular complexity index is 868. The summed E-state index contributed by atoms with van der Waals surface area (Å²) in [7, 11) is 0. The third-order valence-electron chi connectivity index (χ3n) is 4.93. The summed E-state index contributed by atoms with van der Waals surface area (Å²) in [4.78, 5) is 11.7. The van der Waals surface area contributed by atoms with E-state index in [1.807, 2.05) is 18.2 Å². The number of benzene rings is 1. The van der Waals surface area contributed by atoms with Crippen LogP contribution < -0.4 is 10.1 Å². The number of rotatable bonds is 3. The lowest BCUT2D eigenvalue weighted by atomic mass is 10.0. The van der Waals surface area contributed by atoms with Gasteiger partial charge in [0, 0.05) is 23.7 Å². The number of nitrogens with one attached hydrogen (secondary N) is 1. The fourth-order valence-corrected chi connectivity index (χ4v) is 3.81. The Labute approximate surface area is 147 Å². The Morgan fingerprint density at radius 3 is 2.52 bits per heavy atom. The second kappa shape index (κ2) is 6.55. The van der Waals surface area contributed by atoms with E-state index in [0.717, 1.165) is 18.4 Å². The summed E-state index contributed by atoms with van der Waals surface area (Å²) in [6.07, 6.45) is 4.52. The average Bonchev–Trinajstić information content (AvgIpc) is 2.99. The maximum atomic E-state index is 7.36. The molecule has 1 aromatic carbocycles. The first-order valence-electron chi connectivity index (χ1n) is 8.54. The molecule has 0 amide bonds. The van der Waals surface area contributed by atoms with Crippen molar-refractivity contribution in [2.45, 2.75) is 43.9 Å². The van der Waals surface area contributed by atoms with Crippen LogP contribution in [0.25, 0.3) is 20.9 Å². The summed E-state index contributed by atoms with van der Waals surface area (Å²) in [6, 6.07) is 11.8. The molecule has 25 heavy (non-hydrogen) atoms. The second-order valence-corrected chi connectivity index (χ2v) is 6.64. The standard InChI is InChI=1S/C20H18N4O/c1-21-15-11-19(17-5-3-4-6-18(17)22-2)24-20(12-15)25-16-9-13-7-8-14(10-16)23-13/h3-6,11-14,16,23H,7-10H2/t13-,14+,16?. The highest BCUT2D eigenvalue weighted by atomic mass is 16.5. The quantitative estimate of drug-likeness (QED) is 0.842. The van der Waals surface area contributed by atoms with Gasteiger partial charge < -0.3 is 10.1 Å². The van der Waals surface area contributed by atoms with Gasteiger partial charge in [-0.15, -0.1) is 0 Å². The van der Waals surface area contributed by atoms with Gasteiger partial charge in [0.25, 0.3) is 0 Å². The van der Waals surface area contributed by atoms with Gasteiger partial charge in [-0.2, -0.15) is 0 Å². The molecule has 124 valence electrons. The second-order valence-electron chi connectivity index (χ2n) is 6.64. The van der Waals surface area contributed by atoms with Crippen LogP contribution in [0, 0.1) is 13.1 Å². The number of fused-ring (bicyclic) bond motifs is 2. The van der Waals surface area contributed by atoms with Gasteiger partial charge in [0.2, 0.25) is 5.88 Å². The average molecular weight is 330 g/mol. The monoisotopic (exact) mass is 330 g/mol. The molecule has 5 nitrogen and oxygen atoms in total. The Balaban J connectivity index is 1.65. The van der Waals surface area contributed by atoms with Crippen molar-refractivity contribution < 1.29 is 4.74 Å². The van der Waals surface area contributed by atoms with Crippen molar-refractivity contribution in [2.24, 2.45) is 0 Å². The third-order valence-corrected chi connectivity index (χ3v) is 4.93. The molecular formula is C20H18N4O. The molecule has 3 heterocycles. The molecule has 1 aromatic heterocycles. The molecule has 1 unspecified atom stereocenters. The van der Waals surface area contributed by atoms with E-state index in [1.54, 1.807) is 18.2 Å². The zero-order valence-corrected chi connectivity index (χ0v) is 13.8. The molecular weight excluding hydrogens is 312 g/mol. The number of hydrogen-bond acceptors (Lipinski definition) is 3. The van der Waals surface area contributed by atoms with Crippen molar-refractivity contribution in [3.8, 4) is 17.1 Å². The van der Waals surface area contributed by atoms with Crippen molar-refractivity contribution in [3.05, 3.63) is 59.2 Å². The molecule has 2 aliphatic heterocycles. The first-order chi connectivity index (χ1) is 12.2. The fraction of sp³-hybridized carbons (Fsp3) is 0.350. The van der Waals surface area contributed by atoms with Crippen molar-refractivity contribution in [1.82, 2.24) is 10.3 Å². The van der Waals surface area contributed by atoms with Crippen molar-refractivity contribution in [1.29, 1.82) is 0 Å². The Morgan fingerprint density at radius 2 is 1.80 bits per heavy atom. The largest absolute Gasteiger partial charge is 0.475 e. The zero-order chi connectivity index (χ0) is 17.2. The van der Waals surface area contributed by atoms with E-state index in [2.05, 4.69) is 20.0 Å². The molecule has 0 saturated carbocycles.